The Hall–Kier alpha value is -2.22. The second kappa shape index (κ2) is 6.80. The minimum absolute atomic E-state index is 0.148. The summed E-state index contributed by atoms with van der Waals surface area (Å²) < 4.78 is 27.2. The Labute approximate surface area is 116 Å². The van der Waals surface area contributed by atoms with Gasteiger partial charge in [0.25, 0.3) is 0 Å². The van der Waals surface area contributed by atoms with Gasteiger partial charge >= 0.3 is 5.97 Å². The van der Waals surface area contributed by atoms with Gasteiger partial charge in [0, 0.05) is 6.26 Å². The number of ether oxygens (including phenoxy) is 1. The zero-order chi connectivity index (χ0) is 15.2. The minimum Gasteiger partial charge on any atom is -0.513 e. The van der Waals surface area contributed by atoms with E-state index < -0.39 is 15.8 Å². The van der Waals surface area contributed by atoms with Crippen LogP contribution < -0.4 is 0 Å². The van der Waals surface area contributed by atoms with E-state index >= 15 is 0 Å². The largest absolute Gasteiger partial charge is 0.513 e. The van der Waals surface area contributed by atoms with Crippen LogP contribution in [0.4, 0.5) is 5.69 Å². The van der Waals surface area contributed by atoms with E-state index in [0.717, 1.165) is 6.26 Å². The third kappa shape index (κ3) is 4.47. The van der Waals surface area contributed by atoms with Crippen molar-refractivity contribution in [1.82, 2.24) is 0 Å². The van der Waals surface area contributed by atoms with Crippen molar-refractivity contribution in [2.24, 2.45) is 10.2 Å². The summed E-state index contributed by atoms with van der Waals surface area (Å²) in [6.07, 6.45) is 1.59. The molecular weight excluding hydrogens is 284 g/mol. The zero-order valence-electron chi connectivity index (χ0n) is 11.0. The summed E-state index contributed by atoms with van der Waals surface area (Å²) in [4.78, 5) is 11.5. The molecule has 0 spiro atoms. The molecule has 1 N–H and O–H groups in total. The van der Waals surface area contributed by atoms with E-state index in [1.54, 1.807) is 6.92 Å². The van der Waals surface area contributed by atoms with Crippen LogP contribution in [0.15, 0.2) is 51.3 Å². The molecule has 0 fully saturated rings. The van der Waals surface area contributed by atoms with Crippen LogP contribution in [-0.2, 0) is 19.4 Å². The monoisotopic (exact) mass is 298 g/mol. The molecule has 0 aliphatic carbocycles. The molecule has 20 heavy (non-hydrogen) atoms. The van der Waals surface area contributed by atoms with Crippen LogP contribution in [0, 0.1) is 0 Å². The molecule has 0 heterocycles. The number of aliphatic hydroxyl groups excluding tert-OH is 1. The maximum atomic E-state index is 11.3. The molecule has 0 aliphatic rings. The predicted octanol–water partition coefficient (Wildman–Crippen LogP) is 2.14. The molecular formula is C12H14N2O5S. The molecule has 0 aromatic heterocycles. The number of carbonyl (C=O) groups is 1. The van der Waals surface area contributed by atoms with Crippen LogP contribution in [0.1, 0.15) is 6.92 Å². The fourth-order valence-corrected chi connectivity index (χ4v) is 1.83. The summed E-state index contributed by atoms with van der Waals surface area (Å²) in [5, 5.41) is 16.1. The van der Waals surface area contributed by atoms with Gasteiger partial charge in [0.15, 0.2) is 9.84 Å². The van der Waals surface area contributed by atoms with Gasteiger partial charge in [-0.05, 0) is 31.2 Å². The van der Waals surface area contributed by atoms with Crippen molar-refractivity contribution < 1.29 is 23.1 Å². The van der Waals surface area contributed by atoms with Gasteiger partial charge in [0.05, 0.1) is 17.2 Å². The first-order valence-corrected chi connectivity index (χ1v) is 7.51. The average Bonchev–Trinajstić information content (AvgIpc) is 2.39. The van der Waals surface area contributed by atoms with Crippen molar-refractivity contribution in [1.29, 1.82) is 0 Å². The van der Waals surface area contributed by atoms with Gasteiger partial charge in [-0.25, -0.2) is 13.2 Å². The lowest BCUT2D eigenvalue weighted by Crippen LogP contribution is -2.05. The predicted molar refractivity (Wildman–Crippen MR) is 71.4 cm³/mol. The molecule has 0 radical (unpaired) electrons. The quantitative estimate of drug-likeness (QED) is 0.388. The van der Waals surface area contributed by atoms with E-state index in [2.05, 4.69) is 15.0 Å². The van der Waals surface area contributed by atoms with Gasteiger partial charge in [0.1, 0.15) is 6.26 Å². The summed E-state index contributed by atoms with van der Waals surface area (Å²) >= 11 is 0. The lowest BCUT2D eigenvalue weighted by atomic mass is 10.3. The van der Waals surface area contributed by atoms with Gasteiger partial charge in [-0.15, -0.1) is 5.11 Å². The van der Waals surface area contributed by atoms with Crippen LogP contribution >= 0.6 is 0 Å². The smallest absolute Gasteiger partial charge is 0.362 e. The normalized spacial score (nSPS) is 12.6. The Bertz CT molecular complexity index is 632. The van der Waals surface area contributed by atoms with Crippen molar-refractivity contribution in [2.75, 3.05) is 12.9 Å². The first-order chi connectivity index (χ1) is 9.38. The van der Waals surface area contributed by atoms with Crippen molar-refractivity contribution >= 4 is 21.5 Å². The summed E-state index contributed by atoms with van der Waals surface area (Å²) in [6, 6.07) is 5.60. The lowest BCUT2D eigenvalue weighted by Gasteiger charge is -2.00. The maximum absolute atomic E-state index is 11.3. The van der Waals surface area contributed by atoms with Gasteiger partial charge in [-0.2, -0.15) is 5.11 Å². The standard InChI is InChI=1S/C12H14N2O5S/c1-3-19-12(16)11(8-15)14-13-9-4-6-10(7-5-9)20(2,17)18/h4-8,15H,3H2,1-2H3/b11-8+,14-13?. The number of nitrogens with zero attached hydrogens (tertiary/aromatic N) is 2. The Kier molecular flexibility index (Phi) is 5.39. The number of esters is 1. The van der Waals surface area contributed by atoms with E-state index in [-0.39, 0.29) is 17.2 Å². The zero-order valence-corrected chi connectivity index (χ0v) is 11.8. The van der Waals surface area contributed by atoms with E-state index in [4.69, 9.17) is 5.11 Å². The number of hydrogen-bond donors (Lipinski definition) is 1. The van der Waals surface area contributed by atoms with Crippen LogP contribution in [0.25, 0.3) is 0 Å². The maximum Gasteiger partial charge on any atom is 0.362 e. The van der Waals surface area contributed by atoms with Crippen LogP contribution in [0.5, 0.6) is 0 Å². The highest BCUT2D eigenvalue weighted by molar-refractivity contribution is 7.90. The Balaban J connectivity index is 2.88. The molecule has 7 nitrogen and oxygen atoms in total. The van der Waals surface area contributed by atoms with Gasteiger partial charge < -0.3 is 9.84 Å². The summed E-state index contributed by atoms with van der Waals surface area (Å²) in [5.74, 6) is -0.800. The van der Waals surface area contributed by atoms with E-state index in [9.17, 15) is 13.2 Å². The van der Waals surface area contributed by atoms with Crippen LogP contribution in [0.2, 0.25) is 0 Å². The molecule has 0 saturated carbocycles. The van der Waals surface area contributed by atoms with Crippen LogP contribution in [-0.4, -0.2) is 32.4 Å². The topological polar surface area (TPSA) is 105 Å². The lowest BCUT2D eigenvalue weighted by molar-refractivity contribution is -0.138. The molecule has 0 amide bonds. The number of sulfone groups is 1. The molecule has 0 unspecified atom stereocenters. The first-order valence-electron chi connectivity index (χ1n) is 5.62. The minimum atomic E-state index is -3.27. The summed E-state index contributed by atoms with van der Waals surface area (Å²) in [5.41, 5.74) is -0.0138. The Morgan fingerprint density at radius 2 is 1.95 bits per heavy atom. The second-order valence-electron chi connectivity index (χ2n) is 3.70. The van der Waals surface area contributed by atoms with Crippen molar-refractivity contribution in [2.45, 2.75) is 11.8 Å². The molecule has 1 aromatic carbocycles. The van der Waals surface area contributed by atoms with E-state index in [1.165, 1.54) is 24.3 Å². The van der Waals surface area contributed by atoms with E-state index in [1.807, 2.05) is 0 Å². The number of rotatable bonds is 5. The highest BCUT2D eigenvalue weighted by Crippen LogP contribution is 2.17. The molecule has 0 bridgehead atoms. The fraction of sp³-hybridized carbons (Fsp3) is 0.250. The van der Waals surface area contributed by atoms with Gasteiger partial charge in [0.2, 0.25) is 5.70 Å². The summed E-state index contributed by atoms with van der Waals surface area (Å²) in [7, 11) is -3.27. The highest BCUT2D eigenvalue weighted by atomic mass is 32.2. The van der Waals surface area contributed by atoms with Crippen molar-refractivity contribution in [3.8, 4) is 0 Å². The summed E-state index contributed by atoms with van der Waals surface area (Å²) in [6.45, 7) is 1.77. The van der Waals surface area contributed by atoms with Crippen LogP contribution in [0.3, 0.4) is 0 Å². The van der Waals surface area contributed by atoms with Gasteiger partial charge in [-0.3, -0.25) is 0 Å². The Morgan fingerprint density at radius 3 is 2.40 bits per heavy atom. The van der Waals surface area contributed by atoms with Crippen molar-refractivity contribution in [3.63, 3.8) is 0 Å². The number of hydrogen-bond acceptors (Lipinski definition) is 7. The van der Waals surface area contributed by atoms with E-state index in [0.29, 0.717) is 11.9 Å². The second-order valence-corrected chi connectivity index (χ2v) is 5.72. The number of carbonyl (C=O) groups excluding carboxylic acids is 1. The number of aliphatic hydroxyl groups is 1. The number of azo groups is 1. The molecule has 8 heteroatoms. The third-order valence-corrected chi connectivity index (χ3v) is 3.27. The molecule has 108 valence electrons. The molecule has 1 aromatic rings. The SMILES string of the molecule is CCOC(=O)/C(=C\O)N=Nc1ccc(S(C)(=O)=O)cc1. The molecule has 1 rings (SSSR count). The third-order valence-electron chi connectivity index (χ3n) is 2.14. The molecule has 0 atom stereocenters. The van der Waals surface area contributed by atoms with Crippen molar-refractivity contribution in [3.05, 3.63) is 36.2 Å². The first kappa shape index (κ1) is 15.8. The highest BCUT2D eigenvalue weighted by Gasteiger charge is 2.10. The Morgan fingerprint density at radius 1 is 1.35 bits per heavy atom. The fourth-order valence-electron chi connectivity index (χ4n) is 1.20. The average molecular weight is 298 g/mol. The number of benzene rings is 1. The molecule has 0 saturated heterocycles. The van der Waals surface area contributed by atoms with Gasteiger partial charge in [-0.1, -0.05) is 0 Å². The molecule has 0 aliphatic heterocycles.